The number of nitrogens with one attached hydrogen (secondary N) is 2. The van der Waals surface area contributed by atoms with Crippen molar-refractivity contribution in [1.82, 2.24) is 9.99 Å². The summed E-state index contributed by atoms with van der Waals surface area (Å²) in [6, 6.07) is 17.2. The van der Waals surface area contributed by atoms with Gasteiger partial charge in [-0.3, -0.25) is 0 Å². The van der Waals surface area contributed by atoms with Crippen molar-refractivity contribution in [2.24, 2.45) is 5.10 Å². The maximum absolute atomic E-state index is 12.1. The topological polar surface area (TPSA) is 67.6 Å². The van der Waals surface area contributed by atoms with Gasteiger partial charge in [0.2, 0.25) is 0 Å². The molecule has 1 heterocycles. The average molecular weight is 390 g/mol. The highest BCUT2D eigenvalue weighted by molar-refractivity contribution is 5.91. The minimum absolute atomic E-state index is 0.379. The minimum Gasteiger partial charge on any atom is -0.494 e. The van der Waals surface area contributed by atoms with E-state index >= 15 is 0 Å². The lowest BCUT2D eigenvalue weighted by atomic mass is 10.2. The fourth-order valence-corrected chi connectivity index (χ4v) is 3.20. The highest BCUT2D eigenvalue weighted by Crippen LogP contribution is 2.22. The molecule has 2 N–H and O–H groups in total. The zero-order chi connectivity index (χ0) is 20.8. The van der Waals surface area contributed by atoms with Crippen LogP contribution in [0.15, 0.2) is 59.7 Å². The third-order valence-corrected chi connectivity index (χ3v) is 4.64. The second kappa shape index (κ2) is 9.10. The number of aromatic nitrogens is 1. The van der Waals surface area contributed by atoms with Gasteiger partial charge < -0.3 is 14.6 Å². The van der Waals surface area contributed by atoms with Crippen LogP contribution < -0.4 is 15.5 Å². The predicted molar refractivity (Wildman–Crippen MR) is 117 cm³/mol. The number of carbonyl (C=O) groups excluding carboxylic acids is 1. The van der Waals surface area contributed by atoms with Gasteiger partial charge in [0.15, 0.2) is 0 Å². The fraction of sp³-hybridized carbons (Fsp3) is 0.217. The van der Waals surface area contributed by atoms with Crippen LogP contribution in [0, 0.1) is 20.8 Å². The molecule has 2 aromatic carbocycles. The molecular weight excluding hydrogens is 364 g/mol. The van der Waals surface area contributed by atoms with Crippen molar-refractivity contribution in [2.75, 3.05) is 11.9 Å². The number of para-hydroxylation sites is 1. The van der Waals surface area contributed by atoms with Crippen LogP contribution >= 0.6 is 0 Å². The molecule has 0 atom stereocenters. The van der Waals surface area contributed by atoms with Crippen molar-refractivity contribution in [3.8, 4) is 11.4 Å². The zero-order valence-corrected chi connectivity index (χ0v) is 17.2. The molecule has 0 bridgehead atoms. The Labute approximate surface area is 171 Å². The molecule has 0 aliphatic heterocycles. The van der Waals surface area contributed by atoms with Crippen molar-refractivity contribution in [3.05, 3.63) is 77.1 Å². The molecule has 0 spiro atoms. The van der Waals surface area contributed by atoms with Crippen LogP contribution in [0.4, 0.5) is 10.5 Å². The van der Waals surface area contributed by atoms with Crippen molar-refractivity contribution >= 4 is 17.9 Å². The molecule has 150 valence electrons. The van der Waals surface area contributed by atoms with Crippen LogP contribution in [0.1, 0.15) is 29.4 Å². The van der Waals surface area contributed by atoms with Crippen molar-refractivity contribution in [1.29, 1.82) is 0 Å². The first kappa shape index (κ1) is 20.2. The molecule has 3 rings (SSSR count). The molecule has 0 saturated carbocycles. The zero-order valence-electron chi connectivity index (χ0n) is 17.2. The van der Waals surface area contributed by atoms with Gasteiger partial charge in [-0.1, -0.05) is 18.2 Å². The first-order chi connectivity index (χ1) is 14.0. The number of benzene rings is 2. The summed E-state index contributed by atoms with van der Waals surface area (Å²) >= 11 is 0. The Hall–Kier alpha value is -3.54. The lowest BCUT2D eigenvalue weighted by Gasteiger charge is -2.11. The largest absolute Gasteiger partial charge is 0.494 e. The van der Waals surface area contributed by atoms with E-state index in [1.807, 2.05) is 82.3 Å². The van der Waals surface area contributed by atoms with Crippen LogP contribution in [-0.2, 0) is 0 Å². The number of anilines is 1. The quantitative estimate of drug-likeness (QED) is 0.462. The van der Waals surface area contributed by atoms with E-state index in [0.717, 1.165) is 39.6 Å². The van der Waals surface area contributed by atoms with E-state index in [4.69, 9.17) is 4.74 Å². The average Bonchev–Trinajstić information content (AvgIpc) is 2.98. The monoisotopic (exact) mass is 390 g/mol. The smallest absolute Gasteiger partial charge is 0.339 e. The fourth-order valence-electron chi connectivity index (χ4n) is 3.20. The number of nitrogens with zero attached hydrogens (tertiary/aromatic N) is 2. The molecule has 0 aliphatic carbocycles. The molecule has 0 unspecified atom stereocenters. The maximum Gasteiger partial charge on any atom is 0.339 e. The number of hydrogen-bond acceptors (Lipinski definition) is 3. The van der Waals surface area contributed by atoms with Crippen molar-refractivity contribution in [2.45, 2.75) is 27.7 Å². The van der Waals surface area contributed by atoms with E-state index in [1.165, 1.54) is 0 Å². The molecular formula is C23H26N4O2. The summed E-state index contributed by atoms with van der Waals surface area (Å²) in [6.45, 7) is 8.62. The number of amides is 2. The Balaban J connectivity index is 1.69. The lowest BCUT2D eigenvalue weighted by molar-refractivity contribution is 0.252. The van der Waals surface area contributed by atoms with E-state index in [0.29, 0.717) is 6.61 Å². The SMILES string of the molecule is CCOc1ccc(-n2c(C)cc(C=NNC(=O)Nc3ccccc3C)c2C)cc1. The molecule has 6 heteroatoms. The minimum atomic E-state index is -0.379. The summed E-state index contributed by atoms with van der Waals surface area (Å²) in [5.74, 6) is 0.851. The summed E-state index contributed by atoms with van der Waals surface area (Å²) in [6.07, 6.45) is 1.66. The third-order valence-electron chi connectivity index (χ3n) is 4.64. The van der Waals surface area contributed by atoms with Gasteiger partial charge in [-0.15, -0.1) is 0 Å². The van der Waals surface area contributed by atoms with E-state index in [1.54, 1.807) is 6.21 Å². The number of rotatable bonds is 6. The standard InChI is InChI=1S/C23H26N4O2/c1-5-29-21-12-10-20(11-13-21)27-17(3)14-19(18(27)4)15-24-26-23(28)25-22-9-7-6-8-16(22)2/h6-15H,5H2,1-4H3,(H2,25,26,28). The molecule has 0 fully saturated rings. The number of ether oxygens (including phenoxy) is 1. The molecule has 2 amide bonds. The predicted octanol–water partition coefficient (Wildman–Crippen LogP) is 4.96. The van der Waals surface area contributed by atoms with Gasteiger partial charge in [-0.05, 0) is 69.7 Å². The Morgan fingerprint density at radius 3 is 2.52 bits per heavy atom. The summed E-state index contributed by atoms with van der Waals surface area (Å²) in [5.41, 5.74) is 8.37. The molecule has 6 nitrogen and oxygen atoms in total. The lowest BCUT2D eigenvalue weighted by Crippen LogP contribution is -2.24. The number of aryl methyl sites for hydroxylation is 2. The second-order valence-corrected chi connectivity index (χ2v) is 6.73. The number of urea groups is 1. The van der Waals surface area contributed by atoms with E-state index in [2.05, 4.69) is 20.4 Å². The first-order valence-electron chi connectivity index (χ1n) is 9.57. The van der Waals surface area contributed by atoms with Crippen molar-refractivity contribution < 1.29 is 9.53 Å². The van der Waals surface area contributed by atoms with Crippen LogP contribution in [-0.4, -0.2) is 23.4 Å². The normalized spacial score (nSPS) is 10.9. The van der Waals surface area contributed by atoms with Gasteiger partial charge >= 0.3 is 6.03 Å². The summed E-state index contributed by atoms with van der Waals surface area (Å²) < 4.78 is 7.65. The second-order valence-electron chi connectivity index (χ2n) is 6.73. The Morgan fingerprint density at radius 2 is 1.83 bits per heavy atom. The van der Waals surface area contributed by atoms with E-state index in [9.17, 15) is 4.79 Å². The van der Waals surface area contributed by atoms with Crippen LogP contribution in [0.25, 0.3) is 5.69 Å². The summed E-state index contributed by atoms with van der Waals surface area (Å²) in [7, 11) is 0. The van der Waals surface area contributed by atoms with E-state index < -0.39 is 0 Å². The molecule has 3 aromatic rings. The summed E-state index contributed by atoms with van der Waals surface area (Å²) in [5, 5.41) is 6.88. The van der Waals surface area contributed by atoms with Gasteiger partial charge in [-0.2, -0.15) is 5.10 Å². The molecule has 1 aromatic heterocycles. The number of hydrazone groups is 1. The molecule has 0 radical (unpaired) electrons. The highest BCUT2D eigenvalue weighted by atomic mass is 16.5. The van der Waals surface area contributed by atoms with Gasteiger partial charge in [-0.25, -0.2) is 10.2 Å². The molecule has 0 aliphatic rings. The van der Waals surface area contributed by atoms with Gasteiger partial charge in [0.05, 0.1) is 12.8 Å². The Kier molecular flexibility index (Phi) is 6.34. The maximum atomic E-state index is 12.1. The Morgan fingerprint density at radius 1 is 1.10 bits per heavy atom. The highest BCUT2D eigenvalue weighted by Gasteiger charge is 2.10. The molecule has 29 heavy (non-hydrogen) atoms. The van der Waals surface area contributed by atoms with Crippen molar-refractivity contribution in [3.63, 3.8) is 0 Å². The van der Waals surface area contributed by atoms with Gasteiger partial charge in [0, 0.05) is 28.3 Å². The van der Waals surface area contributed by atoms with Gasteiger partial charge in [0.25, 0.3) is 0 Å². The van der Waals surface area contributed by atoms with Crippen LogP contribution in [0.2, 0.25) is 0 Å². The van der Waals surface area contributed by atoms with E-state index in [-0.39, 0.29) is 6.03 Å². The summed E-state index contributed by atoms with van der Waals surface area (Å²) in [4.78, 5) is 12.1. The third kappa shape index (κ3) is 4.85. The van der Waals surface area contributed by atoms with Crippen LogP contribution in [0.5, 0.6) is 5.75 Å². The van der Waals surface area contributed by atoms with Crippen LogP contribution in [0.3, 0.4) is 0 Å². The number of hydrogen-bond donors (Lipinski definition) is 2. The van der Waals surface area contributed by atoms with Gasteiger partial charge in [0.1, 0.15) is 5.75 Å². The number of carbonyl (C=O) groups is 1. The molecule has 0 saturated heterocycles. The first-order valence-corrected chi connectivity index (χ1v) is 9.57. The Bertz CT molecular complexity index is 1020.